The highest BCUT2D eigenvalue weighted by molar-refractivity contribution is 7.87. The fourth-order valence-corrected chi connectivity index (χ4v) is 1.86. The first-order valence-corrected chi connectivity index (χ1v) is 5.81. The van der Waals surface area contributed by atoms with E-state index in [-0.39, 0.29) is 19.4 Å². The zero-order chi connectivity index (χ0) is 11.5. The number of hydrogen-bond donors (Lipinski definition) is 0. The third-order valence-corrected chi connectivity index (χ3v) is 3.04. The van der Waals surface area contributed by atoms with E-state index in [1.807, 2.05) is 0 Å². The van der Waals surface area contributed by atoms with Crippen molar-refractivity contribution in [1.82, 2.24) is 0 Å². The molecule has 0 radical (unpaired) electrons. The summed E-state index contributed by atoms with van der Waals surface area (Å²) in [5.74, 6) is 0. The summed E-state index contributed by atoms with van der Waals surface area (Å²) in [6.07, 6.45) is -0.0121. The zero-order valence-electron chi connectivity index (χ0n) is 7.79. The Labute approximate surface area is 85.5 Å². The molecule has 1 unspecified atom stereocenters. The van der Waals surface area contributed by atoms with Crippen LogP contribution in [0.15, 0.2) is 0 Å². The Bertz CT molecular complexity index is 290. The van der Waals surface area contributed by atoms with E-state index in [0.29, 0.717) is 13.0 Å². The maximum Gasteiger partial charge on any atom is 0.523 e. The molecule has 1 heterocycles. The normalized spacial score (nSPS) is 24.9. The van der Waals surface area contributed by atoms with Gasteiger partial charge in [-0.1, -0.05) is 0 Å². The maximum atomic E-state index is 11.9. The second-order valence-corrected chi connectivity index (χ2v) is 4.72. The molecule has 0 aromatic heterocycles. The Morgan fingerprint density at radius 1 is 1.20 bits per heavy atom. The molecule has 0 spiro atoms. The van der Waals surface area contributed by atoms with Crippen LogP contribution in [0.25, 0.3) is 0 Å². The van der Waals surface area contributed by atoms with Gasteiger partial charge in [0, 0.05) is 13.2 Å². The number of ether oxygens (including phenoxy) is 1. The van der Waals surface area contributed by atoms with E-state index in [2.05, 4.69) is 4.18 Å². The molecule has 8 heteroatoms. The quantitative estimate of drug-likeness (QED) is 0.548. The van der Waals surface area contributed by atoms with Crippen LogP contribution in [-0.4, -0.2) is 33.2 Å². The van der Waals surface area contributed by atoms with E-state index in [4.69, 9.17) is 4.74 Å². The van der Waals surface area contributed by atoms with Gasteiger partial charge in [0.15, 0.2) is 0 Å². The SMILES string of the molecule is O=S(=O)(OC1CCCOCC1)C(F)(F)F. The highest BCUT2D eigenvalue weighted by Gasteiger charge is 2.48. The molecule has 1 aliphatic heterocycles. The molecule has 0 aromatic rings. The lowest BCUT2D eigenvalue weighted by atomic mass is 10.2. The van der Waals surface area contributed by atoms with Crippen molar-refractivity contribution in [1.29, 1.82) is 0 Å². The Kier molecular flexibility index (Phi) is 3.96. The molecule has 1 atom stereocenters. The molecule has 0 bridgehead atoms. The minimum Gasteiger partial charge on any atom is -0.381 e. The third kappa shape index (κ3) is 3.62. The molecule has 4 nitrogen and oxygen atoms in total. The van der Waals surface area contributed by atoms with Crippen LogP contribution < -0.4 is 0 Å². The van der Waals surface area contributed by atoms with Crippen LogP contribution in [0, 0.1) is 0 Å². The fraction of sp³-hybridized carbons (Fsp3) is 1.00. The molecule has 1 saturated heterocycles. The van der Waals surface area contributed by atoms with Crippen molar-refractivity contribution in [3.8, 4) is 0 Å². The molecule has 90 valence electrons. The lowest BCUT2D eigenvalue weighted by Gasteiger charge is -2.15. The molecule has 0 aromatic carbocycles. The number of hydrogen-bond acceptors (Lipinski definition) is 4. The predicted molar refractivity (Wildman–Crippen MR) is 44.5 cm³/mol. The topological polar surface area (TPSA) is 52.6 Å². The monoisotopic (exact) mass is 248 g/mol. The van der Waals surface area contributed by atoms with Gasteiger partial charge >= 0.3 is 15.6 Å². The van der Waals surface area contributed by atoms with Crippen LogP contribution in [0.3, 0.4) is 0 Å². The Balaban J connectivity index is 2.60. The lowest BCUT2D eigenvalue weighted by Crippen LogP contribution is -2.30. The summed E-state index contributed by atoms with van der Waals surface area (Å²) in [7, 11) is -5.47. The first-order chi connectivity index (χ1) is 6.83. The molecule has 0 amide bonds. The van der Waals surface area contributed by atoms with Crippen molar-refractivity contribution >= 4 is 10.1 Å². The van der Waals surface area contributed by atoms with Gasteiger partial charge < -0.3 is 4.74 Å². The van der Waals surface area contributed by atoms with Gasteiger partial charge in [-0.25, -0.2) is 0 Å². The summed E-state index contributed by atoms with van der Waals surface area (Å²) in [6, 6.07) is 0. The second-order valence-electron chi connectivity index (χ2n) is 3.16. The first kappa shape index (κ1) is 12.7. The number of halogens is 3. The van der Waals surface area contributed by atoms with Crippen molar-refractivity contribution in [3.63, 3.8) is 0 Å². The van der Waals surface area contributed by atoms with E-state index in [9.17, 15) is 21.6 Å². The van der Waals surface area contributed by atoms with Crippen LogP contribution in [-0.2, 0) is 19.0 Å². The van der Waals surface area contributed by atoms with E-state index >= 15 is 0 Å². The summed E-state index contributed by atoms with van der Waals surface area (Å²) < 4.78 is 66.2. The van der Waals surface area contributed by atoms with Gasteiger partial charge in [0.25, 0.3) is 0 Å². The molecule has 0 aliphatic carbocycles. The average molecular weight is 248 g/mol. The second kappa shape index (κ2) is 4.67. The van der Waals surface area contributed by atoms with E-state index in [1.54, 1.807) is 0 Å². The molecule has 1 rings (SSSR count). The number of alkyl halides is 3. The van der Waals surface area contributed by atoms with Crippen LogP contribution in [0.5, 0.6) is 0 Å². The highest BCUT2D eigenvalue weighted by atomic mass is 32.2. The summed E-state index contributed by atoms with van der Waals surface area (Å²) in [5.41, 5.74) is -5.35. The van der Waals surface area contributed by atoms with Crippen molar-refractivity contribution in [2.24, 2.45) is 0 Å². The van der Waals surface area contributed by atoms with Crippen molar-refractivity contribution in [2.45, 2.75) is 30.9 Å². The van der Waals surface area contributed by atoms with Crippen molar-refractivity contribution < 1.29 is 30.5 Å². The summed E-state index contributed by atoms with van der Waals surface area (Å²) in [6.45, 7) is 0.643. The van der Waals surface area contributed by atoms with Gasteiger partial charge in [-0.15, -0.1) is 0 Å². The molecule has 1 aliphatic rings. The standard InChI is InChI=1S/C7H11F3O4S/c8-7(9,10)15(11,12)14-6-2-1-4-13-5-3-6/h6H,1-5H2. The van der Waals surface area contributed by atoms with Crippen molar-refractivity contribution in [3.05, 3.63) is 0 Å². The van der Waals surface area contributed by atoms with Crippen LogP contribution in [0.4, 0.5) is 13.2 Å². The molecule has 15 heavy (non-hydrogen) atoms. The minimum atomic E-state index is -5.47. The summed E-state index contributed by atoms with van der Waals surface area (Å²) >= 11 is 0. The Morgan fingerprint density at radius 3 is 2.47 bits per heavy atom. The Hall–Kier alpha value is -0.340. The van der Waals surface area contributed by atoms with Gasteiger partial charge in [-0.2, -0.15) is 21.6 Å². The maximum absolute atomic E-state index is 11.9. The third-order valence-electron chi connectivity index (χ3n) is 1.95. The van der Waals surface area contributed by atoms with Gasteiger partial charge in [-0.05, 0) is 19.3 Å². The largest absolute Gasteiger partial charge is 0.523 e. The van der Waals surface area contributed by atoms with Crippen LogP contribution >= 0.6 is 0 Å². The van der Waals surface area contributed by atoms with Crippen LogP contribution in [0.1, 0.15) is 19.3 Å². The summed E-state index contributed by atoms with van der Waals surface area (Å²) in [5, 5.41) is 0. The predicted octanol–water partition coefficient (Wildman–Crippen LogP) is 1.42. The average Bonchev–Trinajstić information content (AvgIpc) is 2.30. The molecular formula is C7H11F3O4S. The molecule has 0 N–H and O–H groups in total. The summed E-state index contributed by atoms with van der Waals surface area (Å²) in [4.78, 5) is 0. The zero-order valence-corrected chi connectivity index (χ0v) is 8.60. The van der Waals surface area contributed by atoms with Crippen LogP contribution in [0.2, 0.25) is 0 Å². The van der Waals surface area contributed by atoms with Gasteiger partial charge in [0.05, 0.1) is 6.10 Å². The highest BCUT2D eigenvalue weighted by Crippen LogP contribution is 2.27. The smallest absolute Gasteiger partial charge is 0.381 e. The van der Waals surface area contributed by atoms with Gasteiger partial charge in [-0.3, -0.25) is 4.18 Å². The van der Waals surface area contributed by atoms with E-state index in [0.717, 1.165) is 0 Å². The molecule has 1 fully saturated rings. The van der Waals surface area contributed by atoms with E-state index < -0.39 is 21.7 Å². The molecular weight excluding hydrogens is 237 g/mol. The fourth-order valence-electron chi connectivity index (χ4n) is 1.20. The first-order valence-electron chi connectivity index (χ1n) is 4.40. The van der Waals surface area contributed by atoms with Gasteiger partial charge in [0.1, 0.15) is 0 Å². The van der Waals surface area contributed by atoms with Gasteiger partial charge in [0.2, 0.25) is 0 Å². The minimum absolute atomic E-state index is 0.162. The number of rotatable bonds is 2. The molecule has 0 saturated carbocycles. The van der Waals surface area contributed by atoms with E-state index in [1.165, 1.54) is 0 Å². The lowest BCUT2D eigenvalue weighted by molar-refractivity contribution is -0.0579. The van der Waals surface area contributed by atoms with Crippen molar-refractivity contribution in [2.75, 3.05) is 13.2 Å². The Morgan fingerprint density at radius 2 is 1.87 bits per heavy atom.